The van der Waals surface area contributed by atoms with Crippen molar-refractivity contribution in [1.82, 2.24) is 9.97 Å². The maximum absolute atomic E-state index is 6.31. The third-order valence-corrected chi connectivity index (χ3v) is 6.36. The molecule has 0 saturated carbocycles. The van der Waals surface area contributed by atoms with Crippen molar-refractivity contribution in [3.63, 3.8) is 0 Å². The van der Waals surface area contributed by atoms with Crippen molar-refractivity contribution in [2.45, 2.75) is 46.3 Å². The minimum absolute atomic E-state index is 0.157. The lowest BCUT2D eigenvalue weighted by Gasteiger charge is -2.36. The standard InChI is InChI=1S/C21H24ClN3OS/c1-5-16-17(15-8-6-12(2)7-9-15)18-19(23-21(22)24-20(18)27-16)25-10-13(3)26-14(4)11-25/h6-9,13-14H,5,10-11H2,1-4H3. The van der Waals surface area contributed by atoms with Crippen LogP contribution in [0.3, 0.4) is 0 Å². The molecule has 4 rings (SSSR count). The number of morpholine rings is 1. The number of aryl methyl sites for hydroxylation is 2. The van der Waals surface area contributed by atoms with Crippen LogP contribution in [0.5, 0.6) is 0 Å². The van der Waals surface area contributed by atoms with Crippen LogP contribution >= 0.6 is 22.9 Å². The number of ether oxygens (including phenoxy) is 1. The first kappa shape index (κ1) is 18.7. The summed E-state index contributed by atoms with van der Waals surface area (Å²) in [5.41, 5.74) is 3.72. The molecule has 0 amide bonds. The van der Waals surface area contributed by atoms with Gasteiger partial charge < -0.3 is 9.64 Å². The molecule has 1 fully saturated rings. The zero-order valence-electron chi connectivity index (χ0n) is 16.1. The maximum Gasteiger partial charge on any atom is 0.225 e. The molecule has 1 aliphatic rings. The van der Waals surface area contributed by atoms with Crippen molar-refractivity contribution in [2.75, 3.05) is 18.0 Å². The number of nitrogens with zero attached hydrogens (tertiary/aromatic N) is 3. The van der Waals surface area contributed by atoms with Gasteiger partial charge in [-0.3, -0.25) is 0 Å². The molecule has 0 N–H and O–H groups in total. The van der Waals surface area contributed by atoms with E-state index in [9.17, 15) is 0 Å². The van der Waals surface area contributed by atoms with Gasteiger partial charge in [0.05, 0.1) is 17.6 Å². The Hall–Kier alpha value is -1.69. The second kappa shape index (κ2) is 7.38. The van der Waals surface area contributed by atoms with E-state index in [1.165, 1.54) is 21.6 Å². The first-order valence-electron chi connectivity index (χ1n) is 9.42. The Labute approximate surface area is 169 Å². The van der Waals surface area contributed by atoms with Crippen LogP contribution in [0.4, 0.5) is 5.82 Å². The zero-order chi connectivity index (χ0) is 19.1. The molecule has 0 aliphatic carbocycles. The Morgan fingerprint density at radius 2 is 1.81 bits per heavy atom. The predicted molar refractivity (Wildman–Crippen MR) is 114 cm³/mol. The fourth-order valence-corrected chi connectivity index (χ4v) is 5.20. The average molecular weight is 402 g/mol. The van der Waals surface area contributed by atoms with Crippen LogP contribution in [-0.4, -0.2) is 35.3 Å². The monoisotopic (exact) mass is 401 g/mol. The van der Waals surface area contributed by atoms with Crippen molar-refractivity contribution in [2.24, 2.45) is 0 Å². The van der Waals surface area contributed by atoms with Gasteiger partial charge in [0.15, 0.2) is 0 Å². The van der Waals surface area contributed by atoms with Gasteiger partial charge in [0.2, 0.25) is 5.28 Å². The maximum atomic E-state index is 6.31. The highest BCUT2D eigenvalue weighted by Crippen LogP contribution is 2.43. The lowest BCUT2D eigenvalue weighted by molar-refractivity contribution is -0.00537. The molecule has 2 atom stereocenters. The number of thiophene rings is 1. The van der Waals surface area contributed by atoms with Gasteiger partial charge in [-0.15, -0.1) is 11.3 Å². The van der Waals surface area contributed by atoms with Crippen molar-refractivity contribution in [1.29, 1.82) is 0 Å². The molecule has 0 radical (unpaired) electrons. The molecule has 3 heterocycles. The van der Waals surface area contributed by atoms with E-state index in [4.69, 9.17) is 16.3 Å². The van der Waals surface area contributed by atoms with Gasteiger partial charge in [-0.2, -0.15) is 4.98 Å². The molecule has 142 valence electrons. The van der Waals surface area contributed by atoms with Gasteiger partial charge in [-0.1, -0.05) is 36.8 Å². The van der Waals surface area contributed by atoms with Crippen molar-refractivity contribution in [3.8, 4) is 11.1 Å². The SMILES string of the molecule is CCc1sc2nc(Cl)nc(N3CC(C)OC(C)C3)c2c1-c1ccc(C)cc1. The molecule has 27 heavy (non-hydrogen) atoms. The van der Waals surface area contributed by atoms with Crippen molar-refractivity contribution in [3.05, 3.63) is 40.0 Å². The molecule has 2 unspecified atom stereocenters. The third kappa shape index (κ3) is 3.56. The molecular weight excluding hydrogens is 378 g/mol. The van der Waals surface area contributed by atoms with Gasteiger partial charge in [-0.05, 0) is 44.4 Å². The molecule has 0 bridgehead atoms. The lowest BCUT2D eigenvalue weighted by Crippen LogP contribution is -2.46. The Morgan fingerprint density at radius 3 is 2.44 bits per heavy atom. The van der Waals surface area contributed by atoms with Gasteiger partial charge >= 0.3 is 0 Å². The molecule has 4 nitrogen and oxygen atoms in total. The van der Waals surface area contributed by atoms with Gasteiger partial charge in [0.25, 0.3) is 0 Å². The van der Waals surface area contributed by atoms with Crippen LogP contribution in [0.15, 0.2) is 24.3 Å². The number of hydrogen-bond acceptors (Lipinski definition) is 5. The molecule has 1 saturated heterocycles. The fourth-order valence-electron chi connectivity index (χ4n) is 3.86. The highest BCUT2D eigenvalue weighted by atomic mass is 35.5. The molecule has 1 aromatic carbocycles. The largest absolute Gasteiger partial charge is 0.372 e. The summed E-state index contributed by atoms with van der Waals surface area (Å²) in [7, 11) is 0. The second-order valence-corrected chi connectivity index (χ2v) is 8.70. The first-order chi connectivity index (χ1) is 13.0. The molecule has 2 aromatic heterocycles. The van der Waals surface area contributed by atoms with Gasteiger partial charge in [-0.25, -0.2) is 4.98 Å². The van der Waals surface area contributed by atoms with E-state index in [0.717, 1.165) is 35.5 Å². The average Bonchev–Trinajstić information content (AvgIpc) is 2.99. The van der Waals surface area contributed by atoms with Crippen LogP contribution < -0.4 is 4.90 Å². The highest BCUT2D eigenvalue weighted by Gasteiger charge is 2.28. The van der Waals surface area contributed by atoms with Crippen LogP contribution in [0.25, 0.3) is 21.3 Å². The van der Waals surface area contributed by atoms with E-state index < -0.39 is 0 Å². The van der Waals surface area contributed by atoms with Gasteiger partial charge in [0, 0.05) is 23.5 Å². The number of aromatic nitrogens is 2. The zero-order valence-corrected chi connectivity index (χ0v) is 17.7. The summed E-state index contributed by atoms with van der Waals surface area (Å²) >= 11 is 8.04. The molecule has 1 aliphatic heterocycles. The quantitative estimate of drug-likeness (QED) is 0.543. The number of anilines is 1. The molecule has 3 aromatic rings. The Balaban J connectivity index is 1.96. The molecule has 6 heteroatoms. The summed E-state index contributed by atoms with van der Waals surface area (Å²) in [5, 5.41) is 1.43. The number of fused-ring (bicyclic) bond motifs is 1. The van der Waals surface area contributed by atoms with E-state index in [-0.39, 0.29) is 12.2 Å². The van der Waals surface area contributed by atoms with E-state index in [0.29, 0.717) is 5.28 Å². The molecule has 0 spiro atoms. The summed E-state index contributed by atoms with van der Waals surface area (Å²) < 4.78 is 5.92. The fraction of sp³-hybridized carbons (Fsp3) is 0.429. The minimum Gasteiger partial charge on any atom is -0.372 e. The second-order valence-electron chi connectivity index (χ2n) is 7.28. The number of halogens is 1. The Bertz CT molecular complexity index is 960. The van der Waals surface area contributed by atoms with Crippen LogP contribution in [0, 0.1) is 6.92 Å². The molecular formula is C21H24ClN3OS. The van der Waals surface area contributed by atoms with E-state index in [2.05, 4.69) is 66.8 Å². The topological polar surface area (TPSA) is 38.2 Å². The summed E-state index contributed by atoms with van der Waals surface area (Å²) in [6.45, 7) is 10.1. The van der Waals surface area contributed by atoms with Gasteiger partial charge in [0.1, 0.15) is 10.6 Å². The van der Waals surface area contributed by atoms with E-state index >= 15 is 0 Å². The van der Waals surface area contributed by atoms with E-state index in [1.807, 2.05) is 0 Å². The number of hydrogen-bond donors (Lipinski definition) is 0. The van der Waals surface area contributed by atoms with Crippen molar-refractivity contribution < 1.29 is 4.74 Å². The van der Waals surface area contributed by atoms with Crippen molar-refractivity contribution >= 4 is 39.0 Å². The first-order valence-corrected chi connectivity index (χ1v) is 10.6. The summed E-state index contributed by atoms with van der Waals surface area (Å²) in [6, 6.07) is 8.71. The van der Waals surface area contributed by atoms with Crippen LogP contribution in [0.2, 0.25) is 5.28 Å². The Morgan fingerprint density at radius 1 is 1.15 bits per heavy atom. The highest BCUT2D eigenvalue weighted by molar-refractivity contribution is 7.19. The lowest BCUT2D eigenvalue weighted by atomic mass is 10.0. The summed E-state index contributed by atoms with van der Waals surface area (Å²) in [5.74, 6) is 0.929. The smallest absolute Gasteiger partial charge is 0.225 e. The normalized spacial score (nSPS) is 20.4. The predicted octanol–water partition coefficient (Wildman–Crippen LogP) is 5.50. The van der Waals surface area contributed by atoms with Crippen LogP contribution in [0.1, 0.15) is 31.2 Å². The number of benzene rings is 1. The van der Waals surface area contributed by atoms with E-state index in [1.54, 1.807) is 11.3 Å². The summed E-state index contributed by atoms with van der Waals surface area (Å²) in [4.78, 5) is 13.8. The number of rotatable bonds is 3. The third-order valence-electron chi connectivity index (χ3n) is 4.96. The Kier molecular flexibility index (Phi) is 5.10. The summed E-state index contributed by atoms with van der Waals surface area (Å²) in [6.07, 6.45) is 1.27. The minimum atomic E-state index is 0.157. The van der Waals surface area contributed by atoms with Crippen LogP contribution in [-0.2, 0) is 11.2 Å².